The number of anilines is 1. The van der Waals surface area contributed by atoms with Gasteiger partial charge in [0.05, 0.1) is 30.9 Å². The molecule has 0 N–H and O–H groups in total. The number of ketones is 1. The normalized spacial score (nSPS) is 27.1. The third-order valence-corrected chi connectivity index (χ3v) is 5.81. The predicted octanol–water partition coefficient (Wildman–Crippen LogP) is 2.67. The summed E-state index contributed by atoms with van der Waals surface area (Å²) in [5.74, 6) is 0.594. The first kappa shape index (κ1) is 20.1. The fraction of sp³-hybridized carbons (Fsp3) is 0.714. The Bertz CT molecular complexity index is 741. The zero-order valence-corrected chi connectivity index (χ0v) is 17.5. The van der Waals surface area contributed by atoms with Crippen molar-refractivity contribution in [2.24, 2.45) is 5.92 Å². The summed E-state index contributed by atoms with van der Waals surface area (Å²) in [7, 11) is 0. The Morgan fingerprint density at radius 3 is 2.21 bits per heavy atom. The molecule has 3 fully saturated rings. The first-order valence-electron chi connectivity index (χ1n) is 10.5. The summed E-state index contributed by atoms with van der Waals surface area (Å²) in [6.45, 7) is 8.39. The van der Waals surface area contributed by atoms with Crippen molar-refractivity contribution in [3.8, 4) is 0 Å². The van der Waals surface area contributed by atoms with Crippen LogP contribution in [0.4, 0.5) is 10.7 Å². The first-order valence-corrected chi connectivity index (χ1v) is 10.5. The number of carbonyl (C=O) groups is 2. The van der Waals surface area contributed by atoms with Gasteiger partial charge in [0.25, 0.3) is 0 Å². The number of nitrogens with zero attached hydrogens (tertiary/aromatic N) is 4. The molecule has 1 amide bonds. The Balaban J connectivity index is 1.44. The Morgan fingerprint density at radius 2 is 1.66 bits per heavy atom. The number of fused-ring (bicyclic) bond motifs is 2. The summed E-state index contributed by atoms with van der Waals surface area (Å²) >= 11 is 0. The predicted molar refractivity (Wildman–Crippen MR) is 107 cm³/mol. The van der Waals surface area contributed by atoms with Crippen LogP contribution in [0.3, 0.4) is 0 Å². The van der Waals surface area contributed by atoms with Crippen LogP contribution in [0.25, 0.3) is 0 Å². The van der Waals surface area contributed by atoms with E-state index in [0.717, 1.165) is 25.9 Å². The maximum Gasteiger partial charge on any atom is 0.410 e. The summed E-state index contributed by atoms with van der Waals surface area (Å²) in [6, 6.07) is -0.285. The van der Waals surface area contributed by atoms with Crippen LogP contribution in [0.2, 0.25) is 0 Å². The molecule has 4 heterocycles. The third-order valence-electron chi connectivity index (χ3n) is 5.81. The lowest BCUT2D eigenvalue weighted by Crippen LogP contribution is -2.60. The molecule has 1 aromatic heterocycles. The molecule has 8 heteroatoms. The van der Waals surface area contributed by atoms with Crippen LogP contribution in [0.1, 0.15) is 56.8 Å². The van der Waals surface area contributed by atoms with Crippen molar-refractivity contribution in [2.75, 3.05) is 31.2 Å². The number of amides is 1. The van der Waals surface area contributed by atoms with E-state index in [1.807, 2.05) is 20.8 Å². The lowest BCUT2D eigenvalue weighted by molar-refractivity contribution is -0.0861. The highest BCUT2D eigenvalue weighted by Crippen LogP contribution is 2.34. The lowest BCUT2D eigenvalue weighted by Gasteiger charge is -2.47. The lowest BCUT2D eigenvalue weighted by atomic mass is 9.81. The Morgan fingerprint density at radius 1 is 1.07 bits per heavy atom. The van der Waals surface area contributed by atoms with E-state index in [-0.39, 0.29) is 29.9 Å². The molecule has 0 spiro atoms. The molecule has 158 valence electrons. The van der Waals surface area contributed by atoms with Gasteiger partial charge in [0.15, 0.2) is 5.78 Å². The van der Waals surface area contributed by atoms with E-state index in [2.05, 4.69) is 14.9 Å². The van der Waals surface area contributed by atoms with Crippen LogP contribution in [0.5, 0.6) is 0 Å². The molecule has 3 saturated heterocycles. The number of morpholine rings is 1. The smallest absolute Gasteiger partial charge is 0.410 e. The van der Waals surface area contributed by atoms with E-state index in [1.54, 1.807) is 17.3 Å². The standard InChI is InChI=1S/C21H30N4O4/c1-21(2,3)29-20(27)25-16-8-14(9-17(25)13-28-12-16)18(26)15-10-22-19(23-11-15)24-6-4-5-7-24/h10-11,14,16-17H,4-9,12-13H2,1-3H3. The van der Waals surface area contributed by atoms with E-state index >= 15 is 0 Å². The molecule has 29 heavy (non-hydrogen) atoms. The van der Waals surface area contributed by atoms with Gasteiger partial charge in [0, 0.05) is 31.4 Å². The highest BCUT2D eigenvalue weighted by atomic mass is 16.6. The molecule has 3 aliphatic heterocycles. The Hall–Kier alpha value is -2.22. The average Bonchev–Trinajstić information content (AvgIpc) is 3.20. The second kappa shape index (κ2) is 7.89. The van der Waals surface area contributed by atoms with Crippen LogP contribution in [0.15, 0.2) is 12.4 Å². The van der Waals surface area contributed by atoms with Crippen LogP contribution < -0.4 is 4.90 Å². The van der Waals surface area contributed by atoms with E-state index in [4.69, 9.17) is 9.47 Å². The molecule has 2 atom stereocenters. The van der Waals surface area contributed by atoms with Crippen LogP contribution in [0, 0.1) is 5.92 Å². The zero-order chi connectivity index (χ0) is 20.6. The summed E-state index contributed by atoms with van der Waals surface area (Å²) in [5.41, 5.74) is -0.00416. The summed E-state index contributed by atoms with van der Waals surface area (Å²) in [6.07, 6.45) is 6.44. The minimum atomic E-state index is -0.548. The highest BCUT2D eigenvalue weighted by Gasteiger charge is 2.45. The van der Waals surface area contributed by atoms with E-state index in [9.17, 15) is 9.59 Å². The second-order valence-electron chi connectivity index (χ2n) is 9.23. The quantitative estimate of drug-likeness (QED) is 0.719. The van der Waals surface area contributed by atoms with Gasteiger partial charge < -0.3 is 14.4 Å². The van der Waals surface area contributed by atoms with Gasteiger partial charge in [0.1, 0.15) is 5.60 Å². The molecule has 0 radical (unpaired) electrons. The van der Waals surface area contributed by atoms with Crippen molar-refractivity contribution >= 4 is 17.8 Å². The van der Waals surface area contributed by atoms with Crippen molar-refractivity contribution in [3.05, 3.63) is 18.0 Å². The van der Waals surface area contributed by atoms with Crippen LogP contribution in [-0.2, 0) is 9.47 Å². The number of hydrogen-bond donors (Lipinski definition) is 0. The molecular formula is C21H30N4O4. The third kappa shape index (κ3) is 4.37. The molecule has 4 rings (SSSR count). The summed E-state index contributed by atoms with van der Waals surface area (Å²) < 4.78 is 11.2. The average molecular weight is 402 g/mol. The van der Waals surface area contributed by atoms with Crippen LogP contribution >= 0.6 is 0 Å². The summed E-state index contributed by atoms with van der Waals surface area (Å²) in [4.78, 5) is 38.5. The van der Waals surface area contributed by atoms with Crippen molar-refractivity contribution in [2.45, 2.75) is 64.1 Å². The van der Waals surface area contributed by atoms with E-state index < -0.39 is 5.60 Å². The fourth-order valence-corrected chi connectivity index (χ4v) is 4.51. The molecule has 0 saturated carbocycles. The number of ether oxygens (including phenoxy) is 2. The Labute approximate surface area is 171 Å². The molecule has 3 aliphatic rings. The van der Waals surface area contributed by atoms with Gasteiger partial charge >= 0.3 is 6.09 Å². The number of Topliss-reactive ketones (excluding diaryl/α,β-unsaturated/α-hetero) is 1. The molecule has 2 unspecified atom stereocenters. The maximum atomic E-state index is 13.1. The van der Waals surface area contributed by atoms with Crippen molar-refractivity contribution < 1.29 is 19.1 Å². The van der Waals surface area contributed by atoms with Crippen molar-refractivity contribution in [3.63, 3.8) is 0 Å². The van der Waals surface area contributed by atoms with Crippen molar-refractivity contribution in [1.29, 1.82) is 0 Å². The molecule has 1 aromatic rings. The fourth-order valence-electron chi connectivity index (χ4n) is 4.51. The van der Waals surface area contributed by atoms with Gasteiger partial charge in [-0.05, 0) is 46.5 Å². The van der Waals surface area contributed by atoms with Gasteiger partial charge in [-0.15, -0.1) is 0 Å². The minimum absolute atomic E-state index is 0.0544. The second-order valence-corrected chi connectivity index (χ2v) is 9.23. The number of carbonyl (C=O) groups excluding carboxylic acids is 2. The van der Waals surface area contributed by atoms with Gasteiger partial charge in [-0.1, -0.05) is 0 Å². The van der Waals surface area contributed by atoms with Crippen molar-refractivity contribution in [1.82, 2.24) is 14.9 Å². The number of aromatic nitrogens is 2. The topological polar surface area (TPSA) is 84.9 Å². The number of piperidine rings is 1. The van der Waals surface area contributed by atoms with E-state index in [0.29, 0.717) is 37.6 Å². The molecule has 2 bridgehead atoms. The largest absolute Gasteiger partial charge is 0.444 e. The monoisotopic (exact) mass is 402 g/mol. The zero-order valence-electron chi connectivity index (χ0n) is 17.5. The van der Waals surface area contributed by atoms with Gasteiger partial charge in [-0.25, -0.2) is 14.8 Å². The Kier molecular flexibility index (Phi) is 5.46. The van der Waals surface area contributed by atoms with Crippen LogP contribution in [-0.4, -0.2) is 70.7 Å². The molecule has 8 nitrogen and oxygen atoms in total. The van der Waals surface area contributed by atoms with Gasteiger partial charge in [-0.3, -0.25) is 9.69 Å². The molecular weight excluding hydrogens is 372 g/mol. The minimum Gasteiger partial charge on any atom is -0.444 e. The number of hydrogen-bond acceptors (Lipinski definition) is 7. The highest BCUT2D eigenvalue weighted by molar-refractivity contribution is 5.97. The van der Waals surface area contributed by atoms with Gasteiger partial charge in [-0.2, -0.15) is 0 Å². The van der Waals surface area contributed by atoms with E-state index in [1.165, 1.54) is 0 Å². The number of rotatable bonds is 3. The maximum absolute atomic E-state index is 13.1. The van der Waals surface area contributed by atoms with Gasteiger partial charge in [0.2, 0.25) is 5.95 Å². The first-order chi connectivity index (χ1) is 13.8. The summed E-state index contributed by atoms with van der Waals surface area (Å²) in [5, 5.41) is 0. The SMILES string of the molecule is CC(C)(C)OC(=O)N1C2COCC1CC(C(=O)c1cnc(N3CCCC3)nc1)C2. The molecule has 0 aromatic carbocycles. The molecule has 0 aliphatic carbocycles.